The van der Waals surface area contributed by atoms with Crippen LogP contribution >= 0.6 is 0 Å². The highest BCUT2D eigenvalue weighted by molar-refractivity contribution is 6.01. The van der Waals surface area contributed by atoms with Crippen LogP contribution < -0.4 is 0 Å². The van der Waals surface area contributed by atoms with Gasteiger partial charge in [0.05, 0.1) is 5.52 Å². The lowest BCUT2D eigenvalue weighted by atomic mass is 9.97. The van der Waals surface area contributed by atoms with Crippen LogP contribution in [-0.2, 0) is 4.79 Å². The van der Waals surface area contributed by atoms with Crippen LogP contribution in [0.3, 0.4) is 0 Å². The van der Waals surface area contributed by atoms with Gasteiger partial charge in [0.2, 0.25) is 5.91 Å². The van der Waals surface area contributed by atoms with Crippen molar-refractivity contribution in [1.82, 2.24) is 14.8 Å². The second-order valence-electron chi connectivity index (χ2n) is 8.85. The first-order chi connectivity index (χ1) is 14.2. The number of H-pyrrole nitrogens is 1. The van der Waals surface area contributed by atoms with E-state index < -0.39 is 0 Å². The van der Waals surface area contributed by atoms with Crippen molar-refractivity contribution in [2.45, 2.75) is 33.1 Å². The van der Waals surface area contributed by atoms with Crippen molar-refractivity contribution in [2.75, 3.05) is 27.2 Å². The third-order valence-corrected chi connectivity index (χ3v) is 6.25. The molecule has 0 bridgehead atoms. The zero-order chi connectivity index (χ0) is 21.6. The Hall–Kier alpha value is -2.89. The number of hydrogen-bond donors (Lipinski definition) is 1. The van der Waals surface area contributed by atoms with Crippen molar-refractivity contribution >= 4 is 28.3 Å². The van der Waals surface area contributed by atoms with Gasteiger partial charge in [-0.15, -0.1) is 0 Å². The number of fused-ring (bicyclic) bond motifs is 1. The Morgan fingerprint density at radius 1 is 1.27 bits per heavy atom. The Morgan fingerprint density at radius 3 is 2.67 bits per heavy atom. The standard InChI is InChI=1S/C24H28FN3O2/c1-15-17-7-8-18(20(25)22(17)26-21(15)23(30)27(3)4)16-6-5-13-28(14-16)19(29)9-10-24(2)11-12-24/h6-8,11-12,26H,5,9-10,13-14H2,1-4H3. The number of carbonyl (C=O) groups excluding carboxylic acids is 2. The maximum absolute atomic E-state index is 15.4. The van der Waals surface area contributed by atoms with Crippen LogP contribution in [0.4, 0.5) is 4.39 Å². The normalized spacial score (nSPS) is 17.2. The molecule has 0 radical (unpaired) electrons. The van der Waals surface area contributed by atoms with Crippen molar-refractivity contribution < 1.29 is 14.0 Å². The SMILES string of the molecule is Cc1c(C(=O)N(C)C)[nH]c2c(F)c(C3=CCCN(C(=O)CCC4(C)C=C4)C3)ccc12. The van der Waals surface area contributed by atoms with Gasteiger partial charge in [0.25, 0.3) is 5.91 Å². The second-order valence-corrected chi connectivity index (χ2v) is 8.85. The van der Waals surface area contributed by atoms with Gasteiger partial charge < -0.3 is 14.8 Å². The maximum atomic E-state index is 15.4. The van der Waals surface area contributed by atoms with Gasteiger partial charge in [-0.1, -0.05) is 37.3 Å². The van der Waals surface area contributed by atoms with E-state index in [1.807, 2.05) is 24.0 Å². The first kappa shape index (κ1) is 20.4. The van der Waals surface area contributed by atoms with Crippen molar-refractivity contribution in [2.24, 2.45) is 5.41 Å². The number of aryl methyl sites for hydroxylation is 1. The summed E-state index contributed by atoms with van der Waals surface area (Å²) in [4.78, 5) is 31.4. The van der Waals surface area contributed by atoms with E-state index in [4.69, 9.17) is 0 Å². The van der Waals surface area contributed by atoms with E-state index in [0.717, 1.165) is 17.6 Å². The molecule has 30 heavy (non-hydrogen) atoms. The van der Waals surface area contributed by atoms with E-state index in [0.29, 0.717) is 48.1 Å². The van der Waals surface area contributed by atoms with E-state index in [-0.39, 0.29) is 23.0 Å². The van der Waals surface area contributed by atoms with Crippen molar-refractivity contribution in [3.8, 4) is 0 Å². The number of allylic oxidation sites excluding steroid dienone is 2. The Kier molecular flexibility index (Phi) is 5.04. The molecular weight excluding hydrogens is 381 g/mol. The van der Waals surface area contributed by atoms with E-state index in [1.54, 1.807) is 20.2 Å². The molecule has 2 aliphatic rings. The van der Waals surface area contributed by atoms with Gasteiger partial charge in [-0.05, 0) is 30.9 Å². The van der Waals surface area contributed by atoms with Crippen LogP contribution in [0.15, 0.2) is 30.4 Å². The van der Waals surface area contributed by atoms with Crippen molar-refractivity contribution in [3.63, 3.8) is 0 Å². The minimum absolute atomic E-state index is 0.106. The molecular formula is C24H28FN3O2. The summed E-state index contributed by atoms with van der Waals surface area (Å²) in [6, 6.07) is 3.62. The fourth-order valence-corrected chi connectivity index (χ4v) is 4.04. The number of hydrogen-bond acceptors (Lipinski definition) is 2. The Balaban J connectivity index is 1.58. The Morgan fingerprint density at radius 2 is 2.00 bits per heavy atom. The quantitative estimate of drug-likeness (QED) is 0.749. The summed E-state index contributed by atoms with van der Waals surface area (Å²) in [7, 11) is 3.35. The number of nitrogens with one attached hydrogen (secondary N) is 1. The molecule has 0 fully saturated rings. The third-order valence-electron chi connectivity index (χ3n) is 6.25. The highest BCUT2D eigenvalue weighted by Crippen LogP contribution is 2.39. The van der Waals surface area contributed by atoms with Crippen LogP contribution in [0.5, 0.6) is 0 Å². The van der Waals surface area contributed by atoms with Crippen LogP contribution in [0.1, 0.15) is 47.8 Å². The molecule has 6 heteroatoms. The molecule has 1 aliphatic carbocycles. The monoisotopic (exact) mass is 409 g/mol. The lowest BCUT2D eigenvalue weighted by molar-refractivity contribution is -0.131. The molecule has 0 atom stereocenters. The van der Waals surface area contributed by atoms with Gasteiger partial charge in [-0.25, -0.2) is 4.39 Å². The number of rotatable bonds is 5. The molecule has 1 aliphatic heterocycles. The molecule has 158 valence electrons. The highest BCUT2D eigenvalue weighted by Gasteiger charge is 2.30. The minimum Gasteiger partial charge on any atom is -0.348 e. The molecule has 0 unspecified atom stereocenters. The summed E-state index contributed by atoms with van der Waals surface area (Å²) < 4.78 is 15.4. The summed E-state index contributed by atoms with van der Waals surface area (Å²) in [5, 5.41) is 0.705. The predicted molar refractivity (Wildman–Crippen MR) is 117 cm³/mol. The van der Waals surface area contributed by atoms with Gasteiger partial charge in [0.15, 0.2) is 5.82 Å². The number of nitrogens with zero attached hydrogens (tertiary/aromatic N) is 2. The molecule has 0 saturated heterocycles. The molecule has 5 nitrogen and oxygen atoms in total. The zero-order valence-electron chi connectivity index (χ0n) is 18.0. The molecule has 1 N–H and O–H groups in total. The van der Waals surface area contributed by atoms with Gasteiger partial charge in [0, 0.05) is 50.0 Å². The van der Waals surface area contributed by atoms with Gasteiger partial charge in [0.1, 0.15) is 5.69 Å². The maximum Gasteiger partial charge on any atom is 0.270 e. The first-order valence-corrected chi connectivity index (χ1v) is 10.4. The van der Waals surface area contributed by atoms with Gasteiger partial charge >= 0.3 is 0 Å². The van der Waals surface area contributed by atoms with E-state index in [1.165, 1.54) is 4.90 Å². The average molecular weight is 410 g/mol. The predicted octanol–water partition coefficient (Wildman–Crippen LogP) is 4.29. The zero-order valence-corrected chi connectivity index (χ0v) is 18.0. The van der Waals surface area contributed by atoms with Gasteiger partial charge in [-0.2, -0.15) is 0 Å². The molecule has 0 spiro atoms. The molecule has 0 saturated carbocycles. The smallest absolute Gasteiger partial charge is 0.270 e. The fraction of sp³-hybridized carbons (Fsp3) is 0.417. The van der Waals surface area contributed by atoms with Crippen LogP contribution in [0.2, 0.25) is 0 Å². The molecule has 2 aromatic rings. The molecule has 2 heterocycles. The first-order valence-electron chi connectivity index (χ1n) is 10.4. The minimum atomic E-state index is -0.372. The van der Waals surface area contributed by atoms with E-state index in [9.17, 15) is 9.59 Å². The van der Waals surface area contributed by atoms with E-state index >= 15 is 4.39 Å². The topological polar surface area (TPSA) is 56.4 Å². The molecule has 1 aromatic carbocycles. The van der Waals surface area contributed by atoms with Crippen LogP contribution in [0.25, 0.3) is 16.5 Å². The number of aromatic amines is 1. The summed E-state index contributed by atoms with van der Waals surface area (Å²) in [6.45, 7) is 5.03. The highest BCUT2D eigenvalue weighted by atomic mass is 19.1. The van der Waals surface area contributed by atoms with Crippen LogP contribution in [-0.4, -0.2) is 53.8 Å². The molecule has 2 amide bonds. The summed E-state index contributed by atoms with van der Waals surface area (Å²) in [5.41, 5.74) is 2.90. The molecule has 1 aromatic heterocycles. The lowest BCUT2D eigenvalue weighted by Gasteiger charge is -2.28. The number of amides is 2. The second kappa shape index (κ2) is 7.42. The van der Waals surface area contributed by atoms with Crippen molar-refractivity contribution in [1.29, 1.82) is 0 Å². The lowest BCUT2D eigenvalue weighted by Crippen LogP contribution is -2.35. The summed E-state index contributed by atoms with van der Waals surface area (Å²) in [6.07, 6.45) is 8.30. The fourth-order valence-electron chi connectivity index (χ4n) is 4.04. The number of benzene rings is 1. The largest absolute Gasteiger partial charge is 0.348 e. The van der Waals surface area contributed by atoms with Gasteiger partial charge in [-0.3, -0.25) is 9.59 Å². The summed E-state index contributed by atoms with van der Waals surface area (Å²) in [5.74, 6) is -0.438. The number of carbonyl (C=O) groups is 2. The van der Waals surface area contributed by atoms with E-state index in [2.05, 4.69) is 24.1 Å². The average Bonchev–Trinajstić information content (AvgIpc) is 3.37. The number of aromatic nitrogens is 1. The Labute approximate surface area is 176 Å². The number of halogens is 1. The third kappa shape index (κ3) is 3.66. The summed E-state index contributed by atoms with van der Waals surface area (Å²) >= 11 is 0. The van der Waals surface area contributed by atoms with Crippen molar-refractivity contribution in [3.05, 3.63) is 53.0 Å². The van der Waals surface area contributed by atoms with Crippen LogP contribution in [0, 0.1) is 18.2 Å². The Bertz CT molecular complexity index is 1090. The molecule has 4 rings (SSSR count).